The topological polar surface area (TPSA) is 12.0 Å². The van der Waals surface area contributed by atoms with Gasteiger partial charge in [0.2, 0.25) is 0 Å². The van der Waals surface area contributed by atoms with Crippen LogP contribution >= 0.6 is 0 Å². The lowest BCUT2D eigenvalue weighted by Crippen LogP contribution is -2.36. The van der Waals surface area contributed by atoms with Crippen molar-refractivity contribution in [2.45, 2.75) is 58.9 Å². The number of rotatable bonds is 2. The molecule has 0 heterocycles. The summed E-state index contributed by atoms with van der Waals surface area (Å²) in [7, 11) is 0. The lowest BCUT2D eigenvalue weighted by molar-refractivity contribution is 0.307. The molecule has 1 nitrogen and oxygen atoms in total. The van der Waals surface area contributed by atoms with Crippen molar-refractivity contribution in [2.75, 3.05) is 6.54 Å². The molecule has 12 heavy (non-hydrogen) atoms. The quantitative estimate of drug-likeness (QED) is 0.670. The summed E-state index contributed by atoms with van der Waals surface area (Å²) in [4.78, 5) is 0. The third-order valence-electron chi connectivity index (χ3n) is 2.53. The minimum Gasteiger partial charge on any atom is -0.313 e. The molecule has 1 saturated carbocycles. The molecular weight excluding hydrogens is 146 g/mol. The van der Waals surface area contributed by atoms with E-state index < -0.39 is 0 Å². The lowest BCUT2D eigenvalue weighted by Gasteiger charge is -2.27. The first-order chi connectivity index (χ1) is 5.58. The molecule has 1 heteroatoms. The van der Waals surface area contributed by atoms with Gasteiger partial charge in [-0.05, 0) is 18.3 Å². The van der Waals surface area contributed by atoms with E-state index in [0.717, 1.165) is 12.6 Å². The normalized spacial score (nSPS) is 21.2. The van der Waals surface area contributed by atoms with Gasteiger partial charge in [-0.1, -0.05) is 40.0 Å². The van der Waals surface area contributed by atoms with Gasteiger partial charge in [0.1, 0.15) is 0 Å². The molecule has 0 bridgehead atoms. The maximum Gasteiger partial charge on any atom is 0.00672 e. The molecule has 0 unspecified atom stereocenters. The van der Waals surface area contributed by atoms with E-state index in [1.54, 1.807) is 0 Å². The van der Waals surface area contributed by atoms with Crippen molar-refractivity contribution in [1.29, 1.82) is 0 Å². The summed E-state index contributed by atoms with van der Waals surface area (Å²) in [5, 5.41) is 3.66. The average Bonchev–Trinajstić information content (AvgIpc) is 2.02. The minimum atomic E-state index is 0.442. The van der Waals surface area contributed by atoms with Gasteiger partial charge in [0.15, 0.2) is 0 Å². The van der Waals surface area contributed by atoms with E-state index in [2.05, 4.69) is 26.1 Å². The zero-order valence-corrected chi connectivity index (χ0v) is 8.82. The van der Waals surface area contributed by atoms with Crippen LogP contribution in [-0.2, 0) is 0 Å². The maximum atomic E-state index is 3.66. The third kappa shape index (κ3) is 4.10. The summed E-state index contributed by atoms with van der Waals surface area (Å²) in [6, 6.07) is 0.818. The lowest BCUT2D eigenvalue weighted by atomic mass is 9.92. The first kappa shape index (κ1) is 10.0. The van der Waals surface area contributed by atoms with Gasteiger partial charge in [0.25, 0.3) is 0 Å². The highest BCUT2D eigenvalue weighted by atomic mass is 14.9. The summed E-state index contributed by atoms with van der Waals surface area (Å²) >= 11 is 0. The molecule has 72 valence electrons. The van der Waals surface area contributed by atoms with Crippen molar-refractivity contribution in [3.63, 3.8) is 0 Å². The Bertz CT molecular complexity index is 117. The molecule has 1 aliphatic carbocycles. The summed E-state index contributed by atoms with van der Waals surface area (Å²) in [6.07, 6.45) is 7.11. The maximum absolute atomic E-state index is 3.66. The highest BCUT2D eigenvalue weighted by Gasteiger charge is 2.16. The molecule has 1 fully saturated rings. The molecule has 1 N–H and O–H groups in total. The fourth-order valence-corrected chi connectivity index (χ4v) is 1.76. The SMILES string of the molecule is CC(C)(C)CNC1CCCCC1. The van der Waals surface area contributed by atoms with Crippen molar-refractivity contribution in [2.24, 2.45) is 5.41 Å². The van der Waals surface area contributed by atoms with E-state index in [4.69, 9.17) is 0 Å². The monoisotopic (exact) mass is 169 g/mol. The van der Waals surface area contributed by atoms with E-state index >= 15 is 0 Å². The number of hydrogen-bond donors (Lipinski definition) is 1. The van der Waals surface area contributed by atoms with Crippen LogP contribution in [0.25, 0.3) is 0 Å². The van der Waals surface area contributed by atoms with Crippen molar-refractivity contribution in [3.05, 3.63) is 0 Å². The van der Waals surface area contributed by atoms with Gasteiger partial charge in [-0.2, -0.15) is 0 Å². The van der Waals surface area contributed by atoms with Gasteiger partial charge in [-0.3, -0.25) is 0 Å². The summed E-state index contributed by atoms with van der Waals surface area (Å²) in [6.45, 7) is 8.05. The molecule has 1 aliphatic rings. The Morgan fingerprint density at radius 2 is 1.67 bits per heavy atom. The van der Waals surface area contributed by atoms with Gasteiger partial charge in [0, 0.05) is 12.6 Å². The molecule has 0 radical (unpaired) electrons. The van der Waals surface area contributed by atoms with Crippen molar-refractivity contribution >= 4 is 0 Å². The van der Waals surface area contributed by atoms with Crippen LogP contribution in [0, 0.1) is 5.41 Å². The van der Waals surface area contributed by atoms with Crippen LogP contribution in [0.3, 0.4) is 0 Å². The van der Waals surface area contributed by atoms with E-state index in [-0.39, 0.29) is 0 Å². The van der Waals surface area contributed by atoms with Crippen LogP contribution in [0.5, 0.6) is 0 Å². The highest BCUT2D eigenvalue weighted by molar-refractivity contribution is 4.75. The first-order valence-electron chi connectivity index (χ1n) is 5.31. The number of hydrogen-bond acceptors (Lipinski definition) is 1. The Hall–Kier alpha value is -0.0400. The molecule has 0 aliphatic heterocycles. The molecule has 0 atom stereocenters. The van der Waals surface area contributed by atoms with Crippen LogP contribution in [0.15, 0.2) is 0 Å². The zero-order chi connectivity index (χ0) is 9.03. The van der Waals surface area contributed by atoms with Crippen molar-refractivity contribution in [3.8, 4) is 0 Å². The highest BCUT2D eigenvalue weighted by Crippen LogP contribution is 2.19. The van der Waals surface area contributed by atoms with Gasteiger partial charge < -0.3 is 5.32 Å². The molecular formula is C11H23N. The van der Waals surface area contributed by atoms with E-state index in [0.29, 0.717) is 5.41 Å². The molecule has 0 saturated heterocycles. The predicted molar refractivity (Wildman–Crippen MR) is 54.3 cm³/mol. The van der Waals surface area contributed by atoms with Crippen LogP contribution < -0.4 is 5.32 Å². The molecule has 0 aromatic carbocycles. The predicted octanol–water partition coefficient (Wildman–Crippen LogP) is 2.95. The zero-order valence-electron chi connectivity index (χ0n) is 8.82. The summed E-state index contributed by atoms with van der Waals surface area (Å²) in [5.41, 5.74) is 0.442. The largest absolute Gasteiger partial charge is 0.313 e. The first-order valence-corrected chi connectivity index (χ1v) is 5.31. The van der Waals surface area contributed by atoms with Gasteiger partial charge in [-0.25, -0.2) is 0 Å². The van der Waals surface area contributed by atoms with Crippen LogP contribution in [0.1, 0.15) is 52.9 Å². The van der Waals surface area contributed by atoms with E-state index in [9.17, 15) is 0 Å². The van der Waals surface area contributed by atoms with E-state index in [1.807, 2.05) is 0 Å². The Kier molecular flexibility index (Phi) is 3.57. The Balaban J connectivity index is 2.13. The van der Waals surface area contributed by atoms with Gasteiger partial charge in [0.05, 0.1) is 0 Å². The second-order valence-electron chi connectivity index (χ2n) is 5.28. The van der Waals surface area contributed by atoms with Crippen LogP contribution in [0.2, 0.25) is 0 Å². The fraction of sp³-hybridized carbons (Fsp3) is 1.00. The second kappa shape index (κ2) is 4.27. The number of nitrogens with one attached hydrogen (secondary N) is 1. The second-order valence-corrected chi connectivity index (χ2v) is 5.28. The summed E-state index contributed by atoms with van der Waals surface area (Å²) in [5.74, 6) is 0. The molecule has 0 aromatic heterocycles. The molecule has 0 spiro atoms. The Morgan fingerprint density at radius 3 is 2.17 bits per heavy atom. The molecule has 0 aromatic rings. The van der Waals surface area contributed by atoms with Crippen molar-refractivity contribution in [1.82, 2.24) is 5.32 Å². The average molecular weight is 169 g/mol. The molecule has 0 amide bonds. The fourth-order valence-electron chi connectivity index (χ4n) is 1.76. The molecule has 1 rings (SSSR count). The smallest absolute Gasteiger partial charge is 0.00672 e. The standard InChI is InChI=1S/C11H23N/c1-11(2,3)9-12-10-7-5-4-6-8-10/h10,12H,4-9H2,1-3H3. The van der Waals surface area contributed by atoms with Crippen LogP contribution in [-0.4, -0.2) is 12.6 Å². The van der Waals surface area contributed by atoms with Crippen LogP contribution in [0.4, 0.5) is 0 Å². The Morgan fingerprint density at radius 1 is 1.08 bits per heavy atom. The minimum absolute atomic E-state index is 0.442. The van der Waals surface area contributed by atoms with Gasteiger partial charge >= 0.3 is 0 Å². The third-order valence-corrected chi connectivity index (χ3v) is 2.53. The Labute approximate surface area is 76.9 Å². The van der Waals surface area contributed by atoms with Crippen molar-refractivity contribution < 1.29 is 0 Å². The summed E-state index contributed by atoms with van der Waals surface area (Å²) < 4.78 is 0. The van der Waals surface area contributed by atoms with Gasteiger partial charge in [-0.15, -0.1) is 0 Å². The van der Waals surface area contributed by atoms with E-state index in [1.165, 1.54) is 32.1 Å².